The van der Waals surface area contributed by atoms with Crippen LogP contribution in [0, 0.1) is 11.3 Å². The van der Waals surface area contributed by atoms with Gasteiger partial charge in [0, 0.05) is 30.3 Å². The summed E-state index contributed by atoms with van der Waals surface area (Å²) in [5, 5.41) is 7.52. The van der Waals surface area contributed by atoms with Gasteiger partial charge in [-0.05, 0) is 32.1 Å². The predicted octanol–water partition coefficient (Wildman–Crippen LogP) is 1.12. The highest BCUT2D eigenvalue weighted by Crippen LogP contribution is 2.30. The van der Waals surface area contributed by atoms with Crippen molar-refractivity contribution >= 4 is 11.7 Å². The first-order valence-corrected chi connectivity index (χ1v) is 6.67. The zero-order valence-electron chi connectivity index (χ0n) is 10.5. The van der Waals surface area contributed by atoms with E-state index in [1.807, 2.05) is 0 Å². The van der Waals surface area contributed by atoms with Crippen molar-refractivity contribution in [1.29, 1.82) is 5.41 Å². The Labute approximate surface area is 107 Å². The number of nitrogens with zero attached hydrogens (tertiary/aromatic N) is 3. The van der Waals surface area contributed by atoms with Gasteiger partial charge in [0.15, 0.2) is 0 Å². The van der Waals surface area contributed by atoms with E-state index in [0.29, 0.717) is 5.84 Å². The topological polar surface area (TPSA) is 78.9 Å². The maximum Gasteiger partial charge on any atom is 0.135 e. The molecule has 1 fully saturated rings. The van der Waals surface area contributed by atoms with Gasteiger partial charge in [-0.2, -0.15) is 0 Å². The molecule has 1 aliphatic heterocycles. The molecular formula is C13H19N5. The molecule has 1 aromatic heterocycles. The Bertz CT molecular complexity index is 462. The largest absolute Gasteiger partial charge is 0.387 e. The summed E-state index contributed by atoms with van der Waals surface area (Å²) in [6.45, 7) is 1.90. The molecule has 1 aromatic rings. The van der Waals surface area contributed by atoms with Gasteiger partial charge in [-0.25, -0.2) is 9.97 Å². The average Bonchev–Trinajstić information content (AvgIpc) is 2.87. The molecule has 0 bridgehead atoms. The molecule has 5 heteroatoms. The number of nitrogens with two attached hydrogens (primary N) is 1. The SMILES string of the molecule is N=C(N)C1CCN(c2ncnc3c2CCC3)CC1. The summed E-state index contributed by atoms with van der Waals surface area (Å²) in [5.41, 5.74) is 8.16. The normalized spacial score (nSPS) is 19.9. The third kappa shape index (κ3) is 1.94. The van der Waals surface area contributed by atoms with E-state index in [1.165, 1.54) is 17.7 Å². The van der Waals surface area contributed by atoms with Crippen LogP contribution in [0.4, 0.5) is 5.82 Å². The number of nitrogens with one attached hydrogen (secondary N) is 1. The summed E-state index contributed by atoms with van der Waals surface area (Å²) in [7, 11) is 0. The summed E-state index contributed by atoms with van der Waals surface area (Å²) in [5.74, 6) is 1.72. The summed E-state index contributed by atoms with van der Waals surface area (Å²) < 4.78 is 0. The number of piperidine rings is 1. The van der Waals surface area contributed by atoms with E-state index >= 15 is 0 Å². The number of rotatable bonds is 2. The lowest BCUT2D eigenvalue weighted by atomic mass is 9.95. The van der Waals surface area contributed by atoms with E-state index in [4.69, 9.17) is 11.1 Å². The standard InChI is InChI=1S/C13H19N5/c14-12(15)9-4-6-18(7-5-9)13-10-2-1-3-11(10)16-8-17-13/h8-9H,1-7H2,(H3,14,15). The monoisotopic (exact) mass is 245 g/mol. The quantitative estimate of drug-likeness (QED) is 0.604. The number of fused-ring (bicyclic) bond motifs is 1. The molecule has 1 saturated heterocycles. The Balaban J connectivity index is 1.77. The molecule has 2 heterocycles. The van der Waals surface area contributed by atoms with E-state index < -0.39 is 0 Å². The number of anilines is 1. The Kier molecular flexibility index (Phi) is 2.89. The maximum absolute atomic E-state index is 7.52. The lowest BCUT2D eigenvalue weighted by Crippen LogP contribution is -2.39. The molecule has 0 saturated carbocycles. The predicted molar refractivity (Wildman–Crippen MR) is 70.9 cm³/mol. The minimum atomic E-state index is 0.260. The number of aryl methyl sites for hydroxylation is 1. The summed E-state index contributed by atoms with van der Waals surface area (Å²) in [6.07, 6.45) is 7.02. The first kappa shape index (κ1) is 11.4. The van der Waals surface area contributed by atoms with Crippen LogP contribution in [0.25, 0.3) is 0 Å². The average molecular weight is 245 g/mol. The fourth-order valence-corrected chi connectivity index (χ4v) is 3.02. The summed E-state index contributed by atoms with van der Waals surface area (Å²) in [6, 6.07) is 0. The molecule has 5 nitrogen and oxygen atoms in total. The second kappa shape index (κ2) is 4.55. The number of hydrogen-bond acceptors (Lipinski definition) is 4. The third-order valence-electron chi connectivity index (χ3n) is 4.09. The molecule has 3 rings (SSSR count). The second-order valence-corrected chi connectivity index (χ2v) is 5.19. The molecule has 0 spiro atoms. The number of hydrogen-bond donors (Lipinski definition) is 2. The molecule has 0 radical (unpaired) electrons. The Morgan fingerprint density at radius 3 is 2.78 bits per heavy atom. The lowest BCUT2D eigenvalue weighted by molar-refractivity contribution is 0.494. The van der Waals surface area contributed by atoms with Gasteiger partial charge >= 0.3 is 0 Å². The van der Waals surface area contributed by atoms with E-state index in [1.54, 1.807) is 6.33 Å². The molecular weight excluding hydrogens is 226 g/mol. The Hall–Kier alpha value is -1.65. The highest BCUT2D eigenvalue weighted by atomic mass is 15.2. The third-order valence-corrected chi connectivity index (χ3v) is 4.09. The van der Waals surface area contributed by atoms with Crippen molar-refractivity contribution in [2.45, 2.75) is 32.1 Å². The van der Waals surface area contributed by atoms with E-state index in [2.05, 4.69) is 14.9 Å². The van der Waals surface area contributed by atoms with Crippen molar-refractivity contribution in [3.8, 4) is 0 Å². The van der Waals surface area contributed by atoms with Gasteiger partial charge in [0.05, 0.1) is 5.84 Å². The molecule has 0 atom stereocenters. The van der Waals surface area contributed by atoms with Crippen molar-refractivity contribution in [3.63, 3.8) is 0 Å². The van der Waals surface area contributed by atoms with Gasteiger partial charge in [-0.1, -0.05) is 0 Å². The molecule has 0 unspecified atom stereocenters. The summed E-state index contributed by atoms with van der Waals surface area (Å²) in [4.78, 5) is 11.2. The van der Waals surface area contributed by atoms with Crippen LogP contribution in [0.2, 0.25) is 0 Å². The highest BCUT2D eigenvalue weighted by molar-refractivity contribution is 5.79. The van der Waals surface area contributed by atoms with Crippen molar-refractivity contribution in [2.24, 2.45) is 11.7 Å². The highest BCUT2D eigenvalue weighted by Gasteiger charge is 2.26. The Morgan fingerprint density at radius 2 is 2.06 bits per heavy atom. The van der Waals surface area contributed by atoms with Crippen molar-refractivity contribution in [1.82, 2.24) is 9.97 Å². The molecule has 2 aliphatic rings. The minimum Gasteiger partial charge on any atom is -0.387 e. The minimum absolute atomic E-state index is 0.260. The summed E-state index contributed by atoms with van der Waals surface area (Å²) >= 11 is 0. The van der Waals surface area contributed by atoms with Gasteiger partial charge < -0.3 is 10.6 Å². The maximum atomic E-state index is 7.52. The zero-order chi connectivity index (χ0) is 12.5. The second-order valence-electron chi connectivity index (χ2n) is 5.19. The van der Waals surface area contributed by atoms with Gasteiger partial charge in [-0.15, -0.1) is 0 Å². The van der Waals surface area contributed by atoms with Crippen molar-refractivity contribution < 1.29 is 0 Å². The molecule has 1 aliphatic carbocycles. The van der Waals surface area contributed by atoms with Crippen LogP contribution in [0.15, 0.2) is 6.33 Å². The smallest absolute Gasteiger partial charge is 0.135 e. The van der Waals surface area contributed by atoms with Crippen LogP contribution in [-0.4, -0.2) is 28.9 Å². The lowest BCUT2D eigenvalue weighted by Gasteiger charge is -2.33. The molecule has 18 heavy (non-hydrogen) atoms. The first-order chi connectivity index (χ1) is 8.75. The number of amidine groups is 1. The van der Waals surface area contributed by atoms with Crippen molar-refractivity contribution in [2.75, 3.05) is 18.0 Å². The van der Waals surface area contributed by atoms with E-state index in [0.717, 1.165) is 44.6 Å². The van der Waals surface area contributed by atoms with Gasteiger partial charge in [0.2, 0.25) is 0 Å². The van der Waals surface area contributed by atoms with Crippen LogP contribution >= 0.6 is 0 Å². The van der Waals surface area contributed by atoms with Crippen LogP contribution in [0.1, 0.15) is 30.5 Å². The number of aromatic nitrogens is 2. The van der Waals surface area contributed by atoms with Crippen LogP contribution < -0.4 is 10.6 Å². The van der Waals surface area contributed by atoms with Crippen LogP contribution in [-0.2, 0) is 12.8 Å². The van der Waals surface area contributed by atoms with Crippen LogP contribution in [0.3, 0.4) is 0 Å². The van der Waals surface area contributed by atoms with E-state index in [-0.39, 0.29) is 5.92 Å². The first-order valence-electron chi connectivity index (χ1n) is 6.67. The molecule has 0 aromatic carbocycles. The molecule has 0 amide bonds. The van der Waals surface area contributed by atoms with Crippen LogP contribution in [0.5, 0.6) is 0 Å². The van der Waals surface area contributed by atoms with E-state index in [9.17, 15) is 0 Å². The van der Waals surface area contributed by atoms with Gasteiger partial charge in [0.1, 0.15) is 12.1 Å². The fourth-order valence-electron chi connectivity index (χ4n) is 3.02. The van der Waals surface area contributed by atoms with Crippen molar-refractivity contribution in [3.05, 3.63) is 17.6 Å². The van der Waals surface area contributed by atoms with Gasteiger partial charge in [-0.3, -0.25) is 5.41 Å². The van der Waals surface area contributed by atoms with Gasteiger partial charge in [0.25, 0.3) is 0 Å². The fraction of sp³-hybridized carbons (Fsp3) is 0.615. The zero-order valence-corrected chi connectivity index (χ0v) is 10.5. The Morgan fingerprint density at radius 1 is 1.28 bits per heavy atom. The molecule has 96 valence electrons. The molecule has 3 N–H and O–H groups in total.